The molecule has 92 valence electrons. The average molecular weight is 301 g/mol. The molecule has 0 spiro atoms. The van der Waals surface area contributed by atoms with Crippen LogP contribution in [0.5, 0.6) is 0 Å². The average Bonchev–Trinajstić information content (AvgIpc) is 2.35. The van der Waals surface area contributed by atoms with Crippen LogP contribution >= 0.6 is 34.8 Å². The van der Waals surface area contributed by atoms with E-state index in [0.717, 1.165) is 5.56 Å². The van der Waals surface area contributed by atoms with Crippen molar-refractivity contribution in [3.05, 3.63) is 68.3 Å². The van der Waals surface area contributed by atoms with Gasteiger partial charge < -0.3 is 5.21 Å². The Bertz CT molecular complexity index is 594. The van der Waals surface area contributed by atoms with E-state index in [2.05, 4.69) is 0 Å². The Balaban J connectivity index is 2.38. The second-order valence-electron chi connectivity index (χ2n) is 3.60. The quantitative estimate of drug-likeness (QED) is 0.335. The third-order valence-electron chi connectivity index (χ3n) is 2.28. The van der Waals surface area contributed by atoms with Crippen molar-refractivity contribution in [2.45, 2.75) is 0 Å². The molecule has 0 radical (unpaired) electrons. The summed E-state index contributed by atoms with van der Waals surface area (Å²) in [6.45, 7) is 0. The number of rotatable bonds is 2. The largest absolute Gasteiger partial charge is 0.618 e. The fourth-order valence-electron chi connectivity index (χ4n) is 1.41. The molecule has 2 aromatic rings. The molecular formula is C13H8Cl3NO. The molecular weight excluding hydrogens is 293 g/mol. The van der Waals surface area contributed by atoms with E-state index in [0.29, 0.717) is 25.5 Å². The van der Waals surface area contributed by atoms with Crippen molar-refractivity contribution in [2.75, 3.05) is 0 Å². The molecule has 5 heteroatoms. The van der Waals surface area contributed by atoms with Gasteiger partial charge in [0.2, 0.25) is 5.69 Å². The molecule has 0 saturated heterocycles. The minimum absolute atomic E-state index is 0.305. The van der Waals surface area contributed by atoms with E-state index in [4.69, 9.17) is 34.8 Å². The summed E-state index contributed by atoms with van der Waals surface area (Å²) in [4.78, 5) is 0. The molecule has 0 heterocycles. The maximum absolute atomic E-state index is 12.0. The Morgan fingerprint density at radius 3 is 2.17 bits per heavy atom. The lowest BCUT2D eigenvalue weighted by Gasteiger charge is -2.05. The molecule has 0 aromatic heterocycles. The summed E-state index contributed by atoms with van der Waals surface area (Å²) < 4.78 is 0.678. The van der Waals surface area contributed by atoms with Crippen LogP contribution < -0.4 is 0 Å². The SMILES string of the molecule is [O-][N+](=Cc1ccc(Cl)cc1)c1cc(Cl)ccc1Cl. The van der Waals surface area contributed by atoms with Gasteiger partial charge in [-0.05, 0) is 36.4 Å². The van der Waals surface area contributed by atoms with Crippen molar-refractivity contribution in [1.82, 2.24) is 0 Å². The van der Waals surface area contributed by atoms with Crippen LogP contribution in [0, 0.1) is 5.21 Å². The summed E-state index contributed by atoms with van der Waals surface area (Å²) in [7, 11) is 0. The zero-order valence-corrected chi connectivity index (χ0v) is 11.4. The monoisotopic (exact) mass is 299 g/mol. The Kier molecular flexibility index (Phi) is 4.12. The molecule has 0 N–H and O–H groups in total. The molecule has 0 saturated carbocycles. The van der Waals surface area contributed by atoms with Crippen molar-refractivity contribution >= 4 is 46.7 Å². The van der Waals surface area contributed by atoms with E-state index in [9.17, 15) is 5.21 Å². The lowest BCUT2D eigenvalue weighted by Crippen LogP contribution is -1.99. The van der Waals surface area contributed by atoms with E-state index in [1.807, 2.05) is 0 Å². The summed E-state index contributed by atoms with van der Waals surface area (Å²) in [6.07, 6.45) is 1.41. The number of hydrogen-bond acceptors (Lipinski definition) is 1. The zero-order valence-electron chi connectivity index (χ0n) is 9.11. The standard InChI is InChI=1S/C13H8Cl3NO/c14-10-3-1-9(2-4-10)8-17(18)13-7-11(15)5-6-12(13)16/h1-8H. The smallest absolute Gasteiger partial charge is 0.236 e. The molecule has 2 nitrogen and oxygen atoms in total. The summed E-state index contributed by atoms with van der Waals surface area (Å²) in [5, 5.41) is 13.4. The van der Waals surface area contributed by atoms with E-state index in [-0.39, 0.29) is 0 Å². The Morgan fingerprint density at radius 2 is 1.50 bits per heavy atom. The molecule has 0 aliphatic rings. The number of benzene rings is 2. The van der Waals surface area contributed by atoms with E-state index < -0.39 is 0 Å². The molecule has 0 unspecified atom stereocenters. The van der Waals surface area contributed by atoms with Gasteiger partial charge in [-0.3, -0.25) is 0 Å². The number of nitrogens with zero attached hydrogens (tertiary/aromatic N) is 1. The van der Waals surface area contributed by atoms with Crippen LogP contribution in [0.3, 0.4) is 0 Å². The Hall–Kier alpha value is -1.22. The van der Waals surface area contributed by atoms with Crippen molar-refractivity contribution in [2.24, 2.45) is 0 Å². The fraction of sp³-hybridized carbons (Fsp3) is 0. The lowest BCUT2D eigenvalue weighted by atomic mass is 10.2. The van der Waals surface area contributed by atoms with E-state index >= 15 is 0 Å². The summed E-state index contributed by atoms with van der Waals surface area (Å²) in [5.41, 5.74) is 1.03. The minimum Gasteiger partial charge on any atom is -0.618 e. The van der Waals surface area contributed by atoms with Gasteiger partial charge in [0.05, 0.1) is 0 Å². The van der Waals surface area contributed by atoms with Gasteiger partial charge in [0, 0.05) is 21.7 Å². The molecule has 0 bridgehead atoms. The van der Waals surface area contributed by atoms with Gasteiger partial charge in [-0.2, -0.15) is 4.74 Å². The zero-order chi connectivity index (χ0) is 13.1. The van der Waals surface area contributed by atoms with Gasteiger partial charge in [0.25, 0.3) is 0 Å². The first-order chi connectivity index (χ1) is 8.56. The molecule has 0 fully saturated rings. The van der Waals surface area contributed by atoms with Crippen LogP contribution in [0.25, 0.3) is 0 Å². The molecule has 0 aliphatic heterocycles. The van der Waals surface area contributed by atoms with Crippen LogP contribution in [0.15, 0.2) is 42.5 Å². The fourth-order valence-corrected chi connectivity index (χ4v) is 1.90. The summed E-state index contributed by atoms with van der Waals surface area (Å²) in [5.74, 6) is 0. The van der Waals surface area contributed by atoms with Gasteiger partial charge in [-0.1, -0.05) is 34.8 Å². The first-order valence-corrected chi connectivity index (χ1v) is 6.21. The molecule has 0 aliphatic carbocycles. The van der Waals surface area contributed by atoms with E-state index in [1.54, 1.807) is 36.4 Å². The van der Waals surface area contributed by atoms with Gasteiger partial charge in [0.1, 0.15) is 5.02 Å². The highest BCUT2D eigenvalue weighted by Crippen LogP contribution is 2.27. The third-order valence-corrected chi connectivity index (χ3v) is 3.09. The normalized spacial score (nSPS) is 11.6. The highest BCUT2D eigenvalue weighted by Gasteiger charge is 2.09. The van der Waals surface area contributed by atoms with Gasteiger partial charge in [-0.25, -0.2) is 0 Å². The van der Waals surface area contributed by atoms with Crippen LogP contribution in [0.1, 0.15) is 5.56 Å². The Morgan fingerprint density at radius 1 is 0.889 bits per heavy atom. The summed E-state index contributed by atoms with van der Waals surface area (Å²) in [6, 6.07) is 11.6. The first kappa shape index (κ1) is 13.2. The van der Waals surface area contributed by atoms with Crippen molar-refractivity contribution in [3.8, 4) is 0 Å². The van der Waals surface area contributed by atoms with Crippen LogP contribution in [-0.4, -0.2) is 11.0 Å². The lowest BCUT2D eigenvalue weighted by molar-refractivity contribution is -0.354. The van der Waals surface area contributed by atoms with Crippen LogP contribution in [0.2, 0.25) is 15.1 Å². The van der Waals surface area contributed by atoms with Crippen LogP contribution in [0.4, 0.5) is 5.69 Å². The van der Waals surface area contributed by atoms with Crippen molar-refractivity contribution in [1.29, 1.82) is 0 Å². The summed E-state index contributed by atoms with van der Waals surface area (Å²) >= 11 is 17.5. The maximum Gasteiger partial charge on any atom is 0.236 e. The van der Waals surface area contributed by atoms with Gasteiger partial charge in [-0.15, -0.1) is 0 Å². The highest BCUT2D eigenvalue weighted by atomic mass is 35.5. The first-order valence-electron chi connectivity index (χ1n) is 5.08. The predicted octanol–water partition coefficient (Wildman–Crippen LogP) is 4.91. The maximum atomic E-state index is 12.0. The second kappa shape index (κ2) is 5.61. The Labute approximate surface area is 120 Å². The minimum atomic E-state index is 0.305. The topological polar surface area (TPSA) is 26.1 Å². The molecule has 0 amide bonds. The van der Waals surface area contributed by atoms with Gasteiger partial charge in [0.15, 0.2) is 6.21 Å². The molecule has 0 atom stereocenters. The van der Waals surface area contributed by atoms with Crippen molar-refractivity contribution < 1.29 is 4.74 Å². The number of hydrogen-bond donors (Lipinski definition) is 0. The van der Waals surface area contributed by atoms with Crippen molar-refractivity contribution in [3.63, 3.8) is 0 Å². The van der Waals surface area contributed by atoms with Crippen LogP contribution in [-0.2, 0) is 0 Å². The van der Waals surface area contributed by atoms with E-state index in [1.165, 1.54) is 12.3 Å². The van der Waals surface area contributed by atoms with Gasteiger partial charge >= 0.3 is 0 Å². The third kappa shape index (κ3) is 3.16. The predicted molar refractivity (Wildman–Crippen MR) is 76.4 cm³/mol. The molecule has 2 rings (SSSR count). The number of halogens is 3. The highest BCUT2D eigenvalue weighted by molar-refractivity contribution is 6.34. The molecule has 18 heavy (non-hydrogen) atoms. The molecule has 2 aromatic carbocycles. The second-order valence-corrected chi connectivity index (χ2v) is 4.88.